The second kappa shape index (κ2) is 6.51. The van der Waals surface area contributed by atoms with Gasteiger partial charge in [0.15, 0.2) is 0 Å². The van der Waals surface area contributed by atoms with Crippen LogP contribution in [0.15, 0.2) is 18.3 Å². The zero-order valence-electron chi connectivity index (χ0n) is 10.5. The molecule has 1 unspecified atom stereocenters. The van der Waals surface area contributed by atoms with Gasteiger partial charge in [-0.25, -0.2) is 4.98 Å². The normalized spacial score (nSPS) is 12.2. The number of nitrogens with two attached hydrogens (primary N) is 1. The van der Waals surface area contributed by atoms with E-state index < -0.39 is 0 Å². The molecule has 0 spiro atoms. The van der Waals surface area contributed by atoms with E-state index in [1.165, 1.54) is 0 Å². The van der Waals surface area contributed by atoms with E-state index in [2.05, 4.69) is 23.7 Å². The van der Waals surface area contributed by atoms with E-state index in [0.29, 0.717) is 11.6 Å². The van der Waals surface area contributed by atoms with Crippen LogP contribution in [0.4, 0.5) is 5.82 Å². The zero-order valence-corrected chi connectivity index (χ0v) is 11.3. The van der Waals surface area contributed by atoms with Crippen molar-refractivity contribution in [3.63, 3.8) is 0 Å². The Morgan fingerprint density at radius 2 is 2.29 bits per heavy atom. The average Bonchev–Trinajstić information content (AvgIpc) is 2.31. The topological polar surface area (TPSA) is 51.4 Å². The summed E-state index contributed by atoms with van der Waals surface area (Å²) in [4.78, 5) is 6.92. The molecule has 0 bridgehead atoms. The molecule has 2 N–H and O–H groups in total. The number of nitrogens with zero attached hydrogens (tertiary/aromatic N) is 2. The Hall–Kier alpha value is -1.20. The van der Waals surface area contributed by atoms with Crippen LogP contribution >= 0.6 is 12.2 Å². The lowest BCUT2D eigenvalue weighted by molar-refractivity contribution is 0.181. The number of hydrogen-bond acceptors (Lipinski definition) is 4. The monoisotopic (exact) mass is 253 g/mol. The van der Waals surface area contributed by atoms with Crippen LogP contribution in [0.3, 0.4) is 0 Å². The van der Waals surface area contributed by atoms with Crippen LogP contribution in [-0.4, -0.2) is 36.3 Å². The highest BCUT2D eigenvalue weighted by Crippen LogP contribution is 2.14. The van der Waals surface area contributed by atoms with Gasteiger partial charge in [0.2, 0.25) is 0 Å². The summed E-state index contributed by atoms with van der Waals surface area (Å²) in [5, 5.41) is 0. The van der Waals surface area contributed by atoms with Crippen LogP contribution in [0, 0.1) is 0 Å². The third-order valence-corrected chi connectivity index (χ3v) is 2.84. The van der Waals surface area contributed by atoms with Crippen molar-refractivity contribution in [3.05, 3.63) is 23.9 Å². The van der Waals surface area contributed by atoms with Crippen LogP contribution in [0.5, 0.6) is 0 Å². The summed E-state index contributed by atoms with van der Waals surface area (Å²) < 4.78 is 5.16. The lowest BCUT2D eigenvalue weighted by Gasteiger charge is -2.28. The number of methoxy groups -OCH3 is 1. The van der Waals surface area contributed by atoms with Crippen molar-refractivity contribution < 1.29 is 4.74 Å². The molecule has 1 aromatic heterocycles. The summed E-state index contributed by atoms with van der Waals surface area (Å²) in [5.74, 6) is 0.914. The van der Waals surface area contributed by atoms with Gasteiger partial charge in [0, 0.05) is 25.4 Å². The molecular formula is C12H19N3OS. The highest BCUT2D eigenvalue weighted by molar-refractivity contribution is 7.80. The van der Waals surface area contributed by atoms with E-state index in [1.807, 2.05) is 12.1 Å². The standard InChI is InChI=1S/C12H19N3OS/c1-4-15(9(2)8-16-3)11-6-5-10(7-14-11)12(13)17/h5-7,9H,4,8H2,1-3H3,(H2,13,17). The minimum Gasteiger partial charge on any atom is -0.389 e. The first kappa shape index (κ1) is 13.9. The van der Waals surface area contributed by atoms with E-state index in [1.54, 1.807) is 13.3 Å². The Bertz CT molecular complexity index is 367. The van der Waals surface area contributed by atoms with Gasteiger partial charge in [-0.05, 0) is 26.0 Å². The molecule has 0 saturated carbocycles. The van der Waals surface area contributed by atoms with Gasteiger partial charge in [-0.1, -0.05) is 12.2 Å². The highest BCUT2D eigenvalue weighted by Gasteiger charge is 2.13. The number of likely N-dealkylation sites (N-methyl/N-ethyl adjacent to an activating group) is 1. The number of pyridine rings is 1. The number of aromatic nitrogens is 1. The first-order chi connectivity index (χ1) is 8.10. The Balaban J connectivity index is 2.85. The van der Waals surface area contributed by atoms with Gasteiger partial charge in [-0.3, -0.25) is 0 Å². The molecule has 5 heteroatoms. The first-order valence-electron chi connectivity index (χ1n) is 5.61. The quantitative estimate of drug-likeness (QED) is 0.780. The molecule has 0 aliphatic rings. The molecule has 0 fully saturated rings. The Labute approximate surface area is 108 Å². The number of thiocarbonyl (C=S) groups is 1. The van der Waals surface area contributed by atoms with Gasteiger partial charge in [-0.15, -0.1) is 0 Å². The smallest absolute Gasteiger partial charge is 0.128 e. The molecule has 1 rings (SSSR count). The highest BCUT2D eigenvalue weighted by atomic mass is 32.1. The van der Waals surface area contributed by atoms with Crippen LogP contribution in [0.2, 0.25) is 0 Å². The van der Waals surface area contributed by atoms with Gasteiger partial charge in [-0.2, -0.15) is 0 Å². The Morgan fingerprint density at radius 1 is 1.59 bits per heavy atom. The van der Waals surface area contributed by atoms with Gasteiger partial charge in [0.05, 0.1) is 12.6 Å². The molecule has 0 radical (unpaired) electrons. The summed E-state index contributed by atoms with van der Waals surface area (Å²) in [6.45, 7) is 5.75. The predicted octanol–water partition coefficient (Wildman–Crippen LogP) is 1.58. The maximum Gasteiger partial charge on any atom is 0.128 e. The molecule has 1 atom stereocenters. The second-order valence-corrected chi connectivity index (χ2v) is 4.30. The molecule has 0 aliphatic heterocycles. The molecular weight excluding hydrogens is 234 g/mol. The summed E-state index contributed by atoms with van der Waals surface area (Å²) in [6, 6.07) is 4.12. The Kier molecular flexibility index (Phi) is 5.31. The van der Waals surface area contributed by atoms with Crippen molar-refractivity contribution in [2.45, 2.75) is 19.9 Å². The number of hydrogen-bond donors (Lipinski definition) is 1. The molecule has 1 aromatic rings. The van der Waals surface area contributed by atoms with Crippen molar-refractivity contribution >= 4 is 23.0 Å². The van der Waals surface area contributed by atoms with Crippen molar-refractivity contribution in [1.82, 2.24) is 4.98 Å². The minimum absolute atomic E-state index is 0.285. The zero-order chi connectivity index (χ0) is 12.8. The van der Waals surface area contributed by atoms with E-state index in [-0.39, 0.29) is 6.04 Å². The fourth-order valence-corrected chi connectivity index (χ4v) is 1.85. The largest absolute Gasteiger partial charge is 0.389 e. The summed E-state index contributed by atoms with van der Waals surface area (Å²) >= 11 is 4.90. The molecule has 0 aromatic carbocycles. The van der Waals surface area contributed by atoms with Crippen molar-refractivity contribution in [3.8, 4) is 0 Å². The lowest BCUT2D eigenvalue weighted by atomic mass is 10.2. The van der Waals surface area contributed by atoms with Gasteiger partial charge in [0.1, 0.15) is 10.8 Å². The fraction of sp³-hybridized carbons (Fsp3) is 0.500. The van der Waals surface area contributed by atoms with E-state index in [9.17, 15) is 0 Å². The molecule has 94 valence electrons. The van der Waals surface area contributed by atoms with Crippen LogP contribution in [-0.2, 0) is 4.74 Å². The third kappa shape index (κ3) is 3.64. The molecule has 0 aliphatic carbocycles. The van der Waals surface area contributed by atoms with E-state index in [4.69, 9.17) is 22.7 Å². The first-order valence-corrected chi connectivity index (χ1v) is 6.02. The summed E-state index contributed by atoms with van der Waals surface area (Å²) in [7, 11) is 1.70. The fourth-order valence-electron chi connectivity index (χ4n) is 1.73. The number of rotatable bonds is 6. The molecule has 1 heterocycles. The summed E-state index contributed by atoms with van der Waals surface area (Å²) in [6.07, 6.45) is 1.71. The molecule has 4 nitrogen and oxygen atoms in total. The average molecular weight is 253 g/mol. The minimum atomic E-state index is 0.285. The SMILES string of the molecule is CCN(c1ccc(C(N)=S)cn1)C(C)COC. The van der Waals surface area contributed by atoms with Gasteiger partial charge >= 0.3 is 0 Å². The van der Waals surface area contributed by atoms with E-state index in [0.717, 1.165) is 17.9 Å². The third-order valence-electron chi connectivity index (χ3n) is 2.61. The number of anilines is 1. The van der Waals surface area contributed by atoms with Crippen molar-refractivity contribution in [2.24, 2.45) is 5.73 Å². The lowest BCUT2D eigenvalue weighted by Crippen LogP contribution is -2.36. The van der Waals surface area contributed by atoms with E-state index >= 15 is 0 Å². The van der Waals surface area contributed by atoms with Crippen LogP contribution < -0.4 is 10.6 Å². The molecule has 0 saturated heterocycles. The maximum absolute atomic E-state index is 5.54. The van der Waals surface area contributed by atoms with Crippen LogP contribution in [0.25, 0.3) is 0 Å². The van der Waals surface area contributed by atoms with Crippen molar-refractivity contribution in [2.75, 3.05) is 25.2 Å². The second-order valence-electron chi connectivity index (χ2n) is 3.86. The Morgan fingerprint density at radius 3 is 2.71 bits per heavy atom. The van der Waals surface area contributed by atoms with Gasteiger partial charge in [0.25, 0.3) is 0 Å². The summed E-state index contributed by atoms with van der Waals surface area (Å²) in [5.41, 5.74) is 6.33. The molecule has 0 amide bonds. The maximum atomic E-state index is 5.54. The van der Waals surface area contributed by atoms with Crippen molar-refractivity contribution in [1.29, 1.82) is 0 Å². The van der Waals surface area contributed by atoms with Gasteiger partial charge < -0.3 is 15.4 Å². The van der Waals surface area contributed by atoms with Crippen LogP contribution in [0.1, 0.15) is 19.4 Å². The molecule has 17 heavy (non-hydrogen) atoms. The predicted molar refractivity (Wildman–Crippen MR) is 74.5 cm³/mol. The number of ether oxygens (including phenoxy) is 1.